The van der Waals surface area contributed by atoms with Crippen molar-refractivity contribution in [2.45, 2.75) is 31.9 Å². The summed E-state index contributed by atoms with van der Waals surface area (Å²) in [5.74, 6) is -2.95. The van der Waals surface area contributed by atoms with Gasteiger partial charge in [-0.05, 0) is 25.0 Å². The number of hydrogen-bond acceptors (Lipinski definition) is 3. The predicted molar refractivity (Wildman–Crippen MR) is 63.7 cm³/mol. The Hall–Kier alpha value is -1.20. The molecule has 0 aromatic heterocycles. The predicted octanol–water partition coefficient (Wildman–Crippen LogP) is 1.77. The van der Waals surface area contributed by atoms with Crippen molar-refractivity contribution in [1.82, 2.24) is 4.90 Å². The van der Waals surface area contributed by atoms with E-state index in [-0.39, 0.29) is 11.8 Å². The Labute approximate surface area is 105 Å². The zero-order chi connectivity index (χ0) is 13.3. The molecule has 3 nitrogen and oxygen atoms in total. The van der Waals surface area contributed by atoms with Crippen LogP contribution in [0.4, 0.5) is 8.78 Å². The summed E-state index contributed by atoms with van der Waals surface area (Å²) in [6.45, 7) is 0.529. The van der Waals surface area contributed by atoms with E-state index in [1.165, 1.54) is 0 Å². The molecule has 0 aliphatic carbocycles. The Kier molecular flexibility index (Phi) is 3.54. The van der Waals surface area contributed by atoms with Gasteiger partial charge in [-0.1, -0.05) is 12.1 Å². The summed E-state index contributed by atoms with van der Waals surface area (Å²) in [7, 11) is 0. The topological polar surface area (TPSA) is 43.7 Å². The van der Waals surface area contributed by atoms with Crippen molar-refractivity contribution >= 4 is 0 Å². The summed E-state index contributed by atoms with van der Waals surface area (Å²) in [6.07, 6.45) is 0.630. The number of aliphatic hydroxyl groups is 1. The van der Waals surface area contributed by atoms with Crippen molar-refractivity contribution in [2.24, 2.45) is 0 Å². The molecule has 1 aromatic rings. The summed E-state index contributed by atoms with van der Waals surface area (Å²) < 4.78 is 26.5. The van der Waals surface area contributed by atoms with Crippen molar-refractivity contribution < 1.29 is 19.0 Å². The van der Waals surface area contributed by atoms with Gasteiger partial charge in [0.15, 0.2) is 0 Å². The number of alkyl halides is 2. The number of fused-ring (bicyclic) bond motifs is 1. The number of aliphatic hydroxyl groups excluding tert-OH is 1. The lowest BCUT2D eigenvalue weighted by molar-refractivity contribution is -0.0819. The molecule has 100 valence electrons. The number of halogens is 2. The van der Waals surface area contributed by atoms with Crippen LogP contribution < -0.4 is 0 Å². The van der Waals surface area contributed by atoms with E-state index >= 15 is 0 Å². The van der Waals surface area contributed by atoms with Crippen LogP contribution in [0.5, 0.6) is 5.75 Å². The fraction of sp³-hybridized carbons (Fsp3) is 0.538. The summed E-state index contributed by atoms with van der Waals surface area (Å²) in [6, 6.07) is 5.21. The van der Waals surface area contributed by atoms with Gasteiger partial charge in [-0.15, -0.1) is 0 Å². The quantitative estimate of drug-likeness (QED) is 0.867. The lowest BCUT2D eigenvalue weighted by atomic mass is 9.94. The van der Waals surface area contributed by atoms with Gasteiger partial charge in [0.25, 0.3) is 5.92 Å². The second kappa shape index (κ2) is 4.82. The molecule has 0 radical (unpaired) electrons. The zero-order valence-corrected chi connectivity index (χ0v) is 10.2. The SMILES string of the molecule is C[C@@H]1Cc2cccc(O)c2CN1CC(F)(F)CO. The first-order chi connectivity index (χ1) is 8.43. The normalized spacial score (nSPS) is 20.8. The van der Waals surface area contributed by atoms with E-state index in [1.54, 1.807) is 17.0 Å². The smallest absolute Gasteiger partial charge is 0.283 e. The third-order valence-electron chi connectivity index (χ3n) is 3.41. The number of benzene rings is 1. The lowest BCUT2D eigenvalue weighted by Crippen LogP contribution is -2.46. The molecule has 0 fully saturated rings. The fourth-order valence-corrected chi connectivity index (χ4v) is 2.36. The van der Waals surface area contributed by atoms with E-state index in [1.807, 2.05) is 13.0 Å². The molecule has 0 amide bonds. The monoisotopic (exact) mass is 257 g/mol. The van der Waals surface area contributed by atoms with Gasteiger partial charge in [0, 0.05) is 18.2 Å². The number of aromatic hydroxyl groups is 1. The minimum absolute atomic E-state index is 0.0308. The van der Waals surface area contributed by atoms with Gasteiger partial charge < -0.3 is 10.2 Å². The Bertz CT molecular complexity index is 437. The third-order valence-corrected chi connectivity index (χ3v) is 3.41. The maximum Gasteiger partial charge on any atom is 0.283 e. The maximum absolute atomic E-state index is 13.2. The molecule has 5 heteroatoms. The highest BCUT2D eigenvalue weighted by atomic mass is 19.3. The van der Waals surface area contributed by atoms with Crippen LogP contribution in [-0.2, 0) is 13.0 Å². The minimum Gasteiger partial charge on any atom is -0.508 e. The standard InChI is InChI=1S/C13H17F2NO2/c1-9-5-10-3-2-4-12(18)11(10)6-16(9)7-13(14,15)8-17/h2-4,9,17-18H,5-8H2,1H3/t9-/m1/s1. The second-order valence-corrected chi connectivity index (χ2v) is 4.89. The first kappa shape index (κ1) is 13.2. The van der Waals surface area contributed by atoms with Crippen LogP contribution >= 0.6 is 0 Å². The van der Waals surface area contributed by atoms with Crippen LogP contribution in [0.3, 0.4) is 0 Å². The van der Waals surface area contributed by atoms with Crippen molar-refractivity contribution in [3.8, 4) is 5.75 Å². The summed E-state index contributed by atoms with van der Waals surface area (Å²) in [5.41, 5.74) is 1.72. The molecule has 0 spiro atoms. The van der Waals surface area contributed by atoms with E-state index in [0.717, 1.165) is 5.56 Å². The Balaban J connectivity index is 2.20. The highest BCUT2D eigenvalue weighted by Crippen LogP contribution is 2.31. The lowest BCUT2D eigenvalue weighted by Gasteiger charge is -2.36. The average Bonchev–Trinajstić information content (AvgIpc) is 2.31. The number of phenols is 1. The molecule has 2 N–H and O–H groups in total. The van der Waals surface area contributed by atoms with E-state index < -0.39 is 19.1 Å². The highest BCUT2D eigenvalue weighted by molar-refractivity contribution is 5.41. The second-order valence-electron chi connectivity index (χ2n) is 4.89. The number of nitrogens with zero attached hydrogens (tertiary/aromatic N) is 1. The molecule has 1 aromatic carbocycles. The molecular weight excluding hydrogens is 240 g/mol. The van der Waals surface area contributed by atoms with Crippen LogP contribution in [0.15, 0.2) is 18.2 Å². The van der Waals surface area contributed by atoms with Gasteiger partial charge in [-0.3, -0.25) is 4.90 Å². The molecule has 2 rings (SSSR count). The van der Waals surface area contributed by atoms with Crippen molar-refractivity contribution in [3.63, 3.8) is 0 Å². The third kappa shape index (κ3) is 2.62. The van der Waals surface area contributed by atoms with Crippen LogP contribution in [0.2, 0.25) is 0 Å². The Morgan fingerprint density at radius 3 is 2.83 bits per heavy atom. The van der Waals surface area contributed by atoms with Crippen molar-refractivity contribution in [3.05, 3.63) is 29.3 Å². The van der Waals surface area contributed by atoms with E-state index in [2.05, 4.69) is 0 Å². The first-order valence-electron chi connectivity index (χ1n) is 5.95. The molecule has 1 aliphatic rings. The van der Waals surface area contributed by atoms with Crippen LogP contribution in [0, 0.1) is 0 Å². The summed E-state index contributed by atoms with van der Waals surface area (Å²) in [4.78, 5) is 1.60. The minimum atomic E-state index is -3.10. The highest BCUT2D eigenvalue weighted by Gasteiger charge is 2.35. The van der Waals surface area contributed by atoms with E-state index in [9.17, 15) is 13.9 Å². The van der Waals surface area contributed by atoms with Crippen LogP contribution in [-0.4, -0.2) is 40.2 Å². The van der Waals surface area contributed by atoms with Gasteiger partial charge >= 0.3 is 0 Å². The summed E-state index contributed by atoms with van der Waals surface area (Å²) >= 11 is 0. The van der Waals surface area contributed by atoms with Gasteiger partial charge in [0.2, 0.25) is 0 Å². The number of hydrogen-bond donors (Lipinski definition) is 2. The van der Waals surface area contributed by atoms with Gasteiger partial charge in [0.05, 0.1) is 6.54 Å². The van der Waals surface area contributed by atoms with Crippen LogP contribution in [0.25, 0.3) is 0 Å². The molecule has 1 aliphatic heterocycles. The van der Waals surface area contributed by atoms with E-state index in [0.29, 0.717) is 18.5 Å². The molecular formula is C13H17F2NO2. The molecule has 0 saturated carbocycles. The summed E-state index contributed by atoms with van der Waals surface area (Å²) in [5, 5.41) is 18.4. The Morgan fingerprint density at radius 1 is 1.44 bits per heavy atom. The average molecular weight is 257 g/mol. The van der Waals surface area contributed by atoms with Gasteiger partial charge in [-0.25, -0.2) is 8.78 Å². The maximum atomic E-state index is 13.2. The Morgan fingerprint density at radius 2 is 2.17 bits per heavy atom. The van der Waals surface area contributed by atoms with Crippen molar-refractivity contribution in [1.29, 1.82) is 0 Å². The molecule has 0 bridgehead atoms. The first-order valence-corrected chi connectivity index (χ1v) is 5.95. The molecule has 1 atom stereocenters. The van der Waals surface area contributed by atoms with Gasteiger partial charge in [0.1, 0.15) is 12.4 Å². The van der Waals surface area contributed by atoms with Crippen LogP contribution in [0.1, 0.15) is 18.1 Å². The number of rotatable bonds is 3. The largest absolute Gasteiger partial charge is 0.508 e. The molecule has 0 saturated heterocycles. The van der Waals surface area contributed by atoms with E-state index in [4.69, 9.17) is 5.11 Å². The van der Waals surface area contributed by atoms with Gasteiger partial charge in [-0.2, -0.15) is 0 Å². The number of phenolic OH excluding ortho intramolecular Hbond substituents is 1. The molecule has 1 heterocycles. The molecule has 18 heavy (non-hydrogen) atoms. The van der Waals surface area contributed by atoms with Crippen molar-refractivity contribution in [2.75, 3.05) is 13.2 Å². The fourth-order valence-electron chi connectivity index (χ4n) is 2.36. The molecule has 0 unspecified atom stereocenters. The zero-order valence-electron chi connectivity index (χ0n) is 10.2.